The first-order valence-corrected chi connectivity index (χ1v) is 13.2. The lowest BCUT2D eigenvalue weighted by Crippen LogP contribution is -2.36. The topological polar surface area (TPSA) is 83.6 Å². The summed E-state index contributed by atoms with van der Waals surface area (Å²) < 4.78 is 55.5. The van der Waals surface area contributed by atoms with Crippen LogP contribution in [0.1, 0.15) is 46.7 Å². The molecular formula is C22H30N2O4S2. The lowest BCUT2D eigenvalue weighted by molar-refractivity contribution is 0.587. The molecule has 1 aliphatic rings. The number of sulfonamides is 2. The van der Waals surface area contributed by atoms with E-state index < -0.39 is 20.0 Å². The van der Waals surface area contributed by atoms with Crippen molar-refractivity contribution in [2.24, 2.45) is 0 Å². The fraction of sp³-hybridized carbons (Fsp3) is 0.455. The molecule has 6 nitrogen and oxygen atoms in total. The molecule has 2 aromatic carbocycles. The molecule has 8 heteroatoms. The molecule has 1 heterocycles. The van der Waals surface area contributed by atoms with Crippen molar-refractivity contribution in [1.82, 2.24) is 0 Å². The molecule has 1 N–H and O–H groups in total. The van der Waals surface area contributed by atoms with E-state index in [1.807, 2.05) is 34.6 Å². The summed E-state index contributed by atoms with van der Waals surface area (Å²) in [6.45, 7) is 11.6. The Bertz CT molecular complexity index is 1190. The van der Waals surface area contributed by atoms with Gasteiger partial charge in [0.25, 0.3) is 10.0 Å². The Kier molecular flexibility index (Phi) is 5.95. The summed E-state index contributed by atoms with van der Waals surface area (Å²) in [6.07, 6.45) is 1.42. The first-order chi connectivity index (χ1) is 13.9. The third-order valence-corrected chi connectivity index (χ3v) is 9.74. The van der Waals surface area contributed by atoms with Crippen LogP contribution in [-0.4, -0.2) is 29.1 Å². The second-order valence-corrected chi connectivity index (χ2v) is 11.8. The van der Waals surface area contributed by atoms with E-state index in [2.05, 4.69) is 4.72 Å². The molecule has 0 unspecified atom stereocenters. The minimum atomic E-state index is -3.79. The van der Waals surface area contributed by atoms with Gasteiger partial charge < -0.3 is 0 Å². The van der Waals surface area contributed by atoms with E-state index in [-0.39, 0.29) is 5.75 Å². The fourth-order valence-corrected chi connectivity index (χ4v) is 6.99. The van der Waals surface area contributed by atoms with Gasteiger partial charge in [-0.3, -0.25) is 9.03 Å². The molecule has 0 spiro atoms. The molecule has 0 aliphatic carbocycles. The summed E-state index contributed by atoms with van der Waals surface area (Å²) in [5, 5.41) is 0. The molecule has 0 fully saturated rings. The third kappa shape index (κ3) is 3.83. The summed E-state index contributed by atoms with van der Waals surface area (Å²) in [5.74, 6) is 0.0332. The Labute approximate surface area is 180 Å². The molecule has 0 amide bonds. The first-order valence-electron chi connectivity index (χ1n) is 10.1. The van der Waals surface area contributed by atoms with E-state index in [0.29, 0.717) is 35.7 Å². The Morgan fingerprint density at radius 2 is 1.47 bits per heavy atom. The summed E-state index contributed by atoms with van der Waals surface area (Å²) in [4.78, 5) is 0.316. The second-order valence-electron chi connectivity index (χ2n) is 7.98. The van der Waals surface area contributed by atoms with E-state index >= 15 is 0 Å². The van der Waals surface area contributed by atoms with Gasteiger partial charge in [0.1, 0.15) is 0 Å². The Balaban J connectivity index is 2.03. The highest BCUT2D eigenvalue weighted by Gasteiger charge is 2.28. The third-order valence-electron chi connectivity index (χ3n) is 6.31. The van der Waals surface area contributed by atoms with E-state index in [0.717, 1.165) is 33.4 Å². The molecule has 0 atom stereocenters. The average molecular weight is 451 g/mol. The van der Waals surface area contributed by atoms with Crippen molar-refractivity contribution in [2.45, 2.75) is 59.3 Å². The maximum Gasteiger partial charge on any atom is 0.262 e. The van der Waals surface area contributed by atoms with Gasteiger partial charge in [-0.1, -0.05) is 0 Å². The molecule has 0 bridgehead atoms. The highest BCUT2D eigenvalue weighted by atomic mass is 32.2. The lowest BCUT2D eigenvalue weighted by Gasteiger charge is -2.30. The van der Waals surface area contributed by atoms with Crippen LogP contribution in [0.2, 0.25) is 0 Å². The van der Waals surface area contributed by atoms with Crippen LogP contribution in [0.15, 0.2) is 23.1 Å². The number of rotatable bonds is 5. The van der Waals surface area contributed by atoms with Crippen molar-refractivity contribution in [3.05, 3.63) is 51.6 Å². The van der Waals surface area contributed by atoms with Crippen LogP contribution in [0.25, 0.3) is 0 Å². The van der Waals surface area contributed by atoms with Gasteiger partial charge in [-0.25, -0.2) is 16.8 Å². The standard InChI is InChI=1S/C22H30N2O4S2/c1-7-29(25,26)24-12-8-9-19-13-20(10-11-21(19)24)23-30(27,28)22-17(5)15(3)14(2)16(4)18(22)6/h10-11,13,23H,7-9,12H2,1-6H3. The zero-order valence-corrected chi connectivity index (χ0v) is 20.1. The van der Waals surface area contributed by atoms with E-state index in [1.165, 1.54) is 4.31 Å². The van der Waals surface area contributed by atoms with Crippen molar-refractivity contribution in [1.29, 1.82) is 0 Å². The zero-order valence-electron chi connectivity index (χ0n) is 18.5. The first kappa shape index (κ1) is 22.6. The monoisotopic (exact) mass is 450 g/mol. The molecule has 0 radical (unpaired) electrons. The molecule has 30 heavy (non-hydrogen) atoms. The highest BCUT2D eigenvalue weighted by Crippen LogP contribution is 2.34. The minimum Gasteiger partial charge on any atom is -0.280 e. The van der Waals surface area contributed by atoms with Gasteiger partial charge >= 0.3 is 0 Å². The predicted molar refractivity (Wildman–Crippen MR) is 123 cm³/mol. The van der Waals surface area contributed by atoms with Gasteiger partial charge in [-0.15, -0.1) is 0 Å². The maximum atomic E-state index is 13.3. The number of nitrogens with one attached hydrogen (secondary N) is 1. The van der Waals surface area contributed by atoms with Crippen molar-refractivity contribution in [2.75, 3.05) is 21.3 Å². The van der Waals surface area contributed by atoms with Crippen molar-refractivity contribution < 1.29 is 16.8 Å². The zero-order chi connectivity index (χ0) is 22.4. The van der Waals surface area contributed by atoms with Crippen LogP contribution < -0.4 is 9.03 Å². The molecule has 164 valence electrons. The van der Waals surface area contributed by atoms with Gasteiger partial charge in [-0.2, -0.15) is 0 Å². The van der Waals surface area contributed by atoms with Gasteiger partial charge in [0.2, 0.25) is 10.0 Å². The van der Waals surface area contributed by atoms with Crippen molar-refractivity contribution in [3.63, 3.8) is 0 Å². The number of nitrogens with zero attached hydrogens (tertiary/aromatic N) is 1. The minimum absolute atomic E-state index is 0.0332. The number of benzene rings is 2. The van der Waals surface area contributed by atoms with Crippen LogP contribution in [-0.2, 0) is 26.5 Å². The lowest BCUT2D eigenvalue weighted by atomic mass is 9.95. The van der Waals surface area contributed by atoms with Gasteiger partial charge in [-0.05, 0) is 106 Å². The maximum absolute atomic E-state index is 13.3. The summed E-state index contributed by atoms with van der Waals surface area (Å²) >= 11 is 0. The number of anilines is 2. The van der Waals surface area contributed by atoms with E-state index in [9.17, 15) is 16.8 Å². The van der Waals surface area contributed by atoms with Gasteiger partial charge in [0.15, 0.2) is 0 Å². The van der Waals surface area contributed by atoms with Crippen molar-refractivity contribution >= 4 is 31.4 Å². The van der Waals surface area contributed by atoms with Crippen LogP contribution in [0.4, 0.5) is 11.4 Å². The normalized spacial score (nSPS) is 14.5. The Morgan fingerprint density at radius 3 is 2.03 bits per heavy atom. The molecular weight excluding hydrogens is 420 g/mol. The summed E-state index contributed by atoms with van der Waals surface area (Å²) in [6, 6.07) is 5.09. The number of fused-ring (bicyclic) bond motifs is 1. The number of aryl methyl sites for hydroxylation is 1. The molecule has 0 aromatic heterocycles. The van der Waals surface area contributed by atoms with E-state index in [1.54, 1.807) is 25.1 Å². The van der Waals surface area contributed by atoms with Gasteiger partial charge in [0.05, 0.1) is 16.3 Å². The highest BCUT2D eigenvalue weighted by molar-refractivity contribution is 7.93. The van der Waals surface area contributed by atoms with E-state index in [4.69, 9.17) is 0 Å². The van der Waals surface area contributed by atoms with Crippen LogP contribution in [0.3, 0.4) is 0 Å². The fourth-order valence-electron chi connectivity index (χ4n) is 4.15. The van der Waals surface area contributed by atoms with Gasteiger partial charge in [0, 0.05) is 12.2 Å². The van der Waals surface area contributed by atoms with Crippen LogP contribution >= 0.6 is 0 Å². The molecule has 0 saturated heterocycles. The SMILES string of the molecule is CCS(=O)(=O)N1CCCc2cc(NS(=O)(=O)c3c(C)c(C)c(C)c(C)c3C)ccc21. The Hall–Kier alpha value is -2.06. The largest absolute Gasteiger partial charge is 0.280 e. The smallest absolute Gasteiger partial charge is 0.262 e. The second kappa shape index (κ2) is 7.89. The van der Waals surface area contributed by atoms with Crippen LogP contribution in [0, 0.1) is 34.6 Å². The number of hydrogen-bond donors (Lipinski definition) is 1. The Morgan fingerprint density at radius 1 is 0.900 bits per heavy atom. The average Bonchev–Trinajstić information content (AvgIpc) is 2.69. The van der Waals surface area contributed by atoms with Crippen LogP contribution in [0.5, 0.6) is 0 Å². The summed E-state index contributed by atoms with van der Waals surface area (Å²) in [7, 11) is -7.15. The molecule has 2 aromatic rings. The molecule has 0 saturated carbocycles. The molecule has 3 rings (SSSR count). The quantitative estimate of drug-likeness (QED) is 0.742. The van der Waals surface area contributed by atoms with Crippen molar-refractivity contribution in [3.8, 4) is 0 Å². The summed E-state index contributed by atoms with van der Waals surface area (Å²) in [5.41, 5.74) is 6.48. The molecule has 1 aliphatic heterocycles. The number of hydrogen-bond acceptors (Lipinski definition) is 4. The predicted octanol–water partition coefficient (Wildman–Crippen LogP) is 4.13.